The first-order valence-corrected chi connectivity index (χ1v) is 8.69. The molecule has 0 bridgehead atoms. The number of amides is 2. The highest BCUT2D eigenvalue weighted by Crippen LogP contribution is 2.21. The van der Waals surface area contributed by atoms with E-state index < -0.39 is 12.6 Å². The lowest BCUT2D eigenvalue weighted by molar-refractivity contribution is -0.0497. The Morgan fingerprint density at radius 1 is 1.19 bits per heavy atom. The van der Waals surface area contributed by atoms with Gasteiger partial charge in [-0.25, -0.2) is 14.8 Å². The van der Waals surface area contributed by atoms with Gasteiger partial charge in [0.1, 0.15) is 5.75 Å². The van der Waals surface area contributed by atoms with E-state index in [1.807, 2.05) is 0 Å². The Hall–Kier alpha value is -2.97. The fourth-order valence-corrected chi connectivity index (χ4v) is 2.80. The monoisotopic (exact) mass is 377 g/mol. The zero-order chi connectivity index (χ0) is 19.2. The summed E-state index contributed by atoms with van der Waals surface area (Å²) in [4.78, 5) is 22.8. The largest absolute Gasteiger partial charge is 0.435 e. The summed E-state index contributed by atoms with van der Waals surface area (Å²) in [5.74, 6) is 1.33. The second kappa shape index (κ2) is 8.61. The van der Waals surface area contributed by atoms with Crippen molar-refractivity contribution in [1.29, 1.82) is 0 Å². The quantitative estimate of drug-likeness (QED) is 0.825. The van der Waals surface area contributed by atoms with Crippen LogP contribution < -0.4 is 20.3 Å². The molecule has 0 aliphatic carbocycles. The highest BCUT2D eigenvalue weighted by atomic mass is 19.3. The van der Waals surface area contributed by atoms with Crippen molar-refractivity contribution in [2.75, 3.05) is 28.6 Å². The van der Waals surface area contributed by atoms with Gasteiger partial charge in [0.25, 0.3) is 0 Å². The maximum absolute atomic E-state index is 12.2. The second-order valence-electron chi connectivity index (χ2n) is 6.43. The lowest BCUT2D eigenvalue weighted by Gasteiger charge is -2.30. The lowest BCUT2D eigenvalue weighted by Crippen LogP contribution is -2.34. The van der Waals surface area contributed by atoms with Crippen molar-refractivity contribution in [2.24, 2.45) is 5.92 Å². The number of nitrogens with one attached hydrogen (secondary N) is 2. The van der Waals surface area contributed by atoms with Gasteiger partial charge in [0, 0.05) is 24.8 Å². The number of carbonyl (C=O) groups is 1. The third-order valence-electron chi connectivity index (χ3n) is 4.28. The molecular formula is C18H21F2N5O2. The summed E-state index contributed by atoms with van der Waals surface area (Å²) >= 11 is 0. The van der Waals surface area contributed by atoms with Gasteiger partial charge in [0.2, 0.25) is 5.95 Å². The first-order valence-electron chi connectivity index (χ1n) is 8.69. The molecule has 1 aliphatic heterocycles. The number of ether oxygens (including phenoxy) is 1. The van der Waals surface area contributed by atoms with Crippen LogP contribution in [0.3, 0.4) is 0 Å². The molecule has 1 fully saturated rings. The van der Waals surface area contributed by atoms with Crippen LogP contribution in [0.4, 0.5) is 30.9 Å². The molecule has 2 heterocycles. The molecule has 9 heteroatoms. The number of benzene rings is 1. The van der Waals surface area contributed by atoms with Crippen LogP contribution in [0.15, 0.2) is 36.7 Å². The SMILES string of the molecule is CC1CCN(c2ncc(NC(=O)Nc3cccc(OC(F)F)c3)cn2)CC1. The van der Waals surface area contributed by atoms with E-state index in [0.717, 1.165) is 31.8 Å². The van der Waals surface area contributed by atoms with Crippen LogP contribution in [0, 0.1) is 5.92 Å². The molecule has 0 saturated carbocycles. The standard InChI is InChI=1S/C18H21F2N5O2/c1-12-5-7-25(8-6-12)17-21-10-14(11-22-17)24-18(26)23-13-3-2-4-15(9-13)27-16(19)20/h2-4,9-12,16H,5-8H2,1H3,(H2,23,24,26). The van der Waals surface area contributed by atoms with Crippen molar-refractivity contribution in [2.45, 2.75) is 26.4 Å². The molecule has 7 nitrogen and oxygen atoms in total. The van der Waals surface area contributed by atoms with Gasteiger partial charge in [-0.05, 0) is 30.9 Å². The minimum Gasteiger partial charge on any atom is -0.435 e. The van der Waals surface area contributed by atoms with Gasteiger partial charge < -0.3 is 20.3 Å². The van der Waals surface area contributed by atoms with Crippen molar-refractivity contribution < 1.29 is 18.3 Å². The summed E-state index contributed by atoms with van der Waals surface area (Å²) in [6.45, 7) is 1.16. The van der Waals surface area contributed by atoms with Crippen LogP contribution in [0.1, 0.15) is 19.8 Å². The molecule has 1 saturated heterocycles. The third-order valence-corrected chi connectivity index (χ3v) is 4.28. The number of anilines is 3. The van der Waals surface area contributed by atoms with Crippen molar-refractivity contribution in [1.82, 2.24) is 9.97 Å². The summed E-state index contributed by atoms with van der Waals surface area (Å²) in [5, 5.41) is 5.15. The van der Waals surface area contributed by atoms with Gasteiger partial charge in [0.05, 0.1) is 18.1 Å². The Kier molecular flexibility index (Phi) is 6.00. The van der Waals surface area contributed by atoms with Crippen molar-refractivity contribution in [3.63, 3.8) is 0 Å². The summed E-state index contributed by atoms with van der Waals surface area (Å²) < 4.78 is 28.8. The molecule has 2 aromatic rings. The van der Waals surface area contributed by atoms with Crippen LogP contribution in [0.5, 0.6) is 5.75 Å². The van der Waals surface area contributed by atoms with Gasteiger partial charge in [-0.3, -0.25) is 0 Å². The van der Waals surface area contributed by atoms with E-state index >= 15 is 0 Å². The Morgan fingerprint density at radius 2 is 1.85 bits per heavy atom. The minimum atomic E-state index is -2.92. The number of carbonyl (C=O) groups excluding carboxylic acids is 1. The zero-order valence-corrected chi connectivity index (χ0v) is 14.9. The summed E-state index contributed by atoms with van der Waals surface area (Å²) in [7, 11) is 0. The third kappa shape index (κ3) is 5.50. The molecule has 2 N–H and O–H groups in total. The Labute approximate surface area is 155 Å². The molecule has 27 heavy (non-hydrogen) atoms. The predicted molar refractivity (Wildman–Crippen MR) is 98.4 cm³/mol. The topological polar surface area (TPSA) is 79.4 Å². The smallest absolute Gasteiger partial charge is 0.387 e. The zero-order valence-electron chi connectivity index (χ0n) is 14.9. The molecule has 0 atom stereocenters. The molecule has 144 valence electrons. The first-order chi connectivity index (χ1) is 13.0. The van der Waals surface area contributed by atoms with Crippen LogP contribution >= 0.6 is 0 Å². The number of rotatable bonds is 5. The molecule has 0 radical (unpaired) electrons. The maximum atomic E-state index is 12.2. The summed E-state index contributed by atoms with van der Waals surface area (Å²) in [6.07, 6.45) is 5.30. The van der Waals surface area contributed by atoms with Gasteiger partial charge in [0.15, 0.2) is 0 Å². The van der Waals surface area contributed by atoms with Crippen LogP contribution in [-0.2, 0) is 0 Å². The Balaban J connectivity index is 1.55. The van der Waals surface area contributed by atoms with Gasteiger partial charge >= 0.3 is 12.6 Å². The van der Waals surface area contributed by atoms with Crippen LogP contribution in [0.2, 0.25) is 0 Å². The summed E-state index contributed by atoms with van der Waals surface area (Å²) in [6, 6.07) is 5.22. The van der Waals surface area contributed by atoms with Gasteiger partial charge in [-0.1, -0.05) is 13.0 Å². The number of hydrogen-bond acceptors (Lipinski definition) is 5. The second-order valence-corrected chi connectivity index (χ2v) is 6.43. The Bertz CT molecular complexity index is 765. The van der Waals surface area contributed by atoms with Gasteiger partial charge in [-0.15, -0.1) is 0 Å². The number of nitrogens with zero attached hydrogens (tertiary/aromatic N) is 3. The van der Waals surface area contributed by atoms with Gasteiger partial charge in [-0.2, -0.15) is 8.78 Å². The van der Waals surface area contributed by atoms with E-state index in [4.69, 9.17) is 0 Å². The van der Waals surface area contributed by atoms with E-state index in [1.54, 1.807) is 6.07 Å². The molecule has 1 aromatic heterocycles. The van der Waals surface area contributed by atoms with Crippen LogP contribution in [0.25, 0.3) is 0 Å². The van der Waals surface area contributed by atoms with E-state index in [-0.39, 0.29) is 5.75 Å². The van der Waals surface area contributed by atoms with Crippen molar-refractivity contribution >= 4 is 23.4 Å². The molecule has 1 aliphatic rings. The number of alkyl halides is 2. The predicted octanol–water partition coefficient (Wildman–Crippen LogP) is 3.96. The molecule has 3 rings (SSSR count). The number of halogens is 2. The lowest BCUT2D eigenvalue weighted by atomic mass is 10.00. The maximum Gasteiger partial charge on any atom is 0.387 e. The Morgan fingerprint density at radius 3 is 2.52 bits per heavy atom. The first kappa shape index (κ1) is 18.8. The molecule has 0 unspecified atom stereocenters. The van der Waals surface area contributed by atoms with E-state index in [0.29, 0.717) is 17.3 Å². The van der Waals surface area contributed by atoms with E-state index in [9.17, 15) is 13.6 Å². The average Bonchev–Trinajstić information content (AvgIpc) is 2.63. The molecular weight excluding hydrogens is 356 g/mol. The number of aromatic nitrogens is 2. The van der Waals surface area contributed by atoms with Crippen molar-refractivity contribution in [3.8, 4) is 5.75 Å². The van der Waals surface area contributed by atoms with E-state index in [1.165, 1.54) is 30.6 Å². The number of piperidine rings is 1. The molecule has 2 amide bonds. The normalized spacial score (nSPS) is 14.9. The number of hydrogen-bond donors (Lipinski definition) is 2. The molecule has 1 aromatic carbocycles. The highest BCUT2D eigenvalue weighted by Gasteiger charge is 2.17. The van der Waals surface area contributed by atoms with E-state index in [2.05, 4.69) is 37.2 Å². The number of urea groups is 1. The fourth-order valence-electron chi connectivity index (χ4n) is 2.80. The fraction of sp³-hybridized carbons (Fsp3) is 0.389. The highest BCUT2D eigenvalue weighted by molar-refractivity contribution is 5.99. The van der Waals surface area contributed by atoms with Crippen LogP contribution in [-0.4, -0.2) is 35.7 Å². The average molecular weight is 377 g/mol. The minimum absolute atomic E-state index is 0.0358. The van der Waals surface area contributed by atoms with Crippen molar-refractivity contribution in [3.05, 3.63) is 36.7 Å². The summed E-state index contributed by atoms with van der Waals surface area (Å²) in [5.41, 5.74) is 0.757. The molecule has 0 spiro atoms.